The fourth-order valence-electron chi connectivity index (χ4n) is 11.3. The van der Waals surface area contributed by atoms with Gasteiger partial charge in [0, 0.05) is 77.9 Å². The highest BCUT2D eigenvalue weighted by Gasteiger charge is 2.55. The van der Waals surface area contributed by atoms with Gasteiger partial charge in [0.25, 0.3) is 5.91 Å². The van der Waals surface area contributed by atoms with Gasteiger partial charge in [-0.25, -0.2) is 10.4 Å². The predicted molar refractivity (Wildman–Crippen MR) is 238 cm³/mol. The van der Waals surface area contributed by atoms with E-state index >= 15 is 4.79 Å². The molecule has 338 valence electrons. The summed E-state index contributed by atoms with van der Waals surface area (Å²) in [6.07, 6.45) is 8.35. The third-order valence-electron chi connectivity index (χ3n) is 15.4. The number of methoxy groups -OCH3 is 1. The Hall–Kier alpha value is -5.14. The molecule has 3 aromatic heterocycles. The number of benzene rings is 1. The maximum absolute atomic E-state index is 15.0. The van der Waals surface area contributed by atoms with Crippen LogP contribution >= 0.6 is 0 Å². The molecule has 7 heterocycles. The van der Waals surface area contributed by atoms with Crippen LogP contribution in [-0.4, -0.2) is 99.7 Å². The molecule has 10 rings (SSSR count). The van der Waals surface area contributed by atoms with Crippen molar-refractivity contribution in [1.29, 1.82) is 5.26 Å². The van der Waals surface area contributed by atoms with Gasteiger partial charge in [-0.05, 0) is 100 Å². The number of oxazole rings is 1. The van der Waals surface area contributed by atoms with E-state index in [9.17, 15) is 14.9 Å². The Bertz CT molecular complexity index is 2500. The fourth-order valence-corrected chi connectivity index (χ4v) is 11.3. The van der Waals surface area contributed by atoms with E-state index in [0.717, 1.165) is 71.2 Å². The van der Waals surface area contributed by atoms with Crippen molar-refractivity contribution in [3.05, 3.63) is 59.9 Å². The van der Waals surface area contributed by atoms with Crippen LogP contribution in [0.4, 0.5) is 0 Å². The third kappa shape index (κ3) is 7.49. The van der Waals surface area contributed by atoms with Crippen LogP contribution in [0.2, 0.25) is 0 Å². The van der Waals surface area contributed by atoms with Crippen molar-refractivity contribution in [3.8, 4) is 28.6 Å². The van der Waals surface area contributed by atoms with Gasteiger partial charge in [0.2, 0.25) is 11.8 Å². The van der Waals surface area contributed by atoms with E-state index in [1.165, 1.54) is 5.01 Å². The molecule has 1 aromatic carbocycles. The first-order valence-electron chi connectivity index (χ1n) is 23.3. The number of nitrogens with zero attached hydrogens (tertiary/aromatic N) is 6. The number of hydrazine groups is 1. The largest absolute Gasteiger partial charge is 0.464 e. The quantitative estimate of drug-likeness (QED) is 0.184. The molecule has 7 atom stereocenters. The monoisotopic (exact) mass is 871 g/mol. The van der Waals surface area contributed by atoms with E-state index in [4.69, 9.17) is 23.9 Å². The number of carbonyl (C=O) groups is 3. The Labute approximate surface area is 374 Å². The zero-order valence-corrected chi connectivity index (χ0v) is 37.9. The molecule has 2 amide bonds. The van der Waals surface area contributed by atoms with Gasteiger partial charge in [0.05, 0.1) is 36.1 Å². The summed E-state index contributed by atoms with van der Waals surface area (Å²) in [4.78, 5) is 55.5. The third-order valence-corrected chi connectivity index (χ3v) is 15.4. The summed E-state index contributed by atoms with van der Waals surface area (Å²) < 4.78 is 21.0. The molecule has 64 heavy (non-hydrogen) atoms. The molecule has 15 heteroatoms. The Morgan fingerprint density at radius 1 is 1.12 bits per heavy atom. The average Bonchev–Trinajstić information content (AvgIpc) is 3.75. The maximum Gasteiger partial charge on any atom is 0.324 e. The molecule has 1 unspecified atom stereocenters. The smallest absolute Gasteiger partial charge is 0.324 e. The standard InChI is InChI=1S/C49H61N9O6/c1-27-28(2)39(27)44(59)54-41-43(56-24-49(25-56)14-9-16-52-49)45-53-37(23-63-45)31-12-13-38-34(20-31)35(21-48(4,5)26-64-47(61)36-11-8-17-57(55-36)46(41)60)42(58(38)32-18-30(19-32)22-50)33-10-7-15-51-40(33)29(3)62-6/h7,10,12-13,15,20,23,27-30,32,36,39,41,43,52,55H,8-9,11,14,16-19,21,24-26H2,1-6H3,(H,54,59)/t27-,28+,29-,30?,32?,36-,39?,41-,43-/m0/s1. The number of nitriles is 1. The highest BCUT2D eigenvalue weighted by Crippen LogP contribution is 2.49. The van der Waals surface area contributed by atoms with Gasteiger partial charge >= 0.3 is 5.97 Å². The van der Waals surface area contributed by atoms with E-state index in [1.807, 2.05) is 13.0 Å². The molecule has 3 N–H and O–H groups in total. The van der Waals surface area contributed by atoms with Crippen LogP contribution in [0.3, 0.4) is 0 Å². The number of hydrogen-bond donors (Lipinski definition) is 3. The van der Waals surface area contributed by atoms with Gasteiger partial charge in [0.1, 0.15) is 30.1 Å². The number of carbonyl (C=O) groups excluding carboxylic acids is 3. The van der Waals surface area contributed by atoms with Gasteiger partial charge in [-0.1, -0.05) is 33.8 Å². The number of rotatable bonds is 7. The molecule has 2 saturated carbocycles. The van der Waals surface area contributed by atoms with Crippen LogP contribution in [0.1, 0.15) is 108 Å². The van der Waals surface area contributed by atoms with Crippen LogP contribution in [0.25, 0.3) is 33.4 Å². The lowest BCUT2D eigenvalue weighted by Crippen LogP contribution is -2.70. The van der Waals surface area contributed by atoms with Crippen molar-refractivity contribution in [1.82, 2.24) is 40.5 Å². The zero-order valence-electron chi connectivity index (χ0n) is 37.9. The molecular weight excluding hydrogens is 811 g/mol. The highest BCUT2D eigenvalue weighted by atomic mass is 16.5. The minimum Gasteiger partial charge on any atom is -0.464 e. The second kappa shape index (κ2) is 16.4. The summed E-state index contributed by atoms with van der Waals surface area (Å²) in [7, 11) is 1.69. The number of amides is 2. The molecule has 6 aliphatic rings. The predicted octanol–water partition coefficient (Wildman–Crippen LogP) is 6.03. The molecule has 15 nitrogen and oxygen atoms in total. The Balaban J connectivity index is 1.14. The number of esters is 1. The Kier molecular flexibility index (Phi) is 11.0. The van der Waals surface area contributed by atoms with Gasteiger partial charge in [0.15, 0.2) is 0 Å². The highest BCUT2D eigenvalue weighted by molar-refractivity contribution is 5.95. The molecule has 3 saturated heterocycles. The second-order valence-electron chi connectivity index (χ2n) is 20.4. The number of fused-ring (bicyclic) bond motifs is 6. The van der Waals surface area contributed by atoms with E-state index in [1.54, 1.807) is 19.6 Å². The van der Waals surface area contributed by atoms with Crippen molar-refractivity contribution in [2.24, 2.45) is 29.1 Å². The number of cyclic esters (lactones) is 1. The molecule has 1 spiro atoms. The lowest BCUT2D eigenvalue weighted by Gasteiger charge is -2.52. The van der Waals surface area contributed by atoms with Crippen LogP contribution in [-0.2, 0) is 30.3 Å². The van der Waals surface area contributed by atoms with E-state index in [-0.39, 0.29) is 59.8 Å². The van der Waals surface area contributed by atoms with E-state index in [0.29, 0.717) is 50.5 Å². The number of ether oxygens (including phenoxy) is 2. The summed E-state index contributed by atoms with van der Waals surface area (Å²) in [6.45, 7) is 13.1. The Morgan fingerprint density at radius 2 is 1.92 bits per heavy atom. The Morgan fingerprint density at radius 3 is 2.64 bits per heavy atom. The van der Waals surface area contributed by atoms with Crippen LogP contribution in [0, 0.1) is 40.4 Å². The number of pyridine rings is 1. The van der Waals surface area contributed by atoms with Gasteiger partial charge in [-0.15, -0.1) is 0 Å². The summed E-state index contributed by atoms with van der Waals surface area (Å²) in [5.74, 6) is -0.418. The average molecular weight is 872 g/mol. The number of aromatic nitrogens is 3. The minimum atomic E-state index is -1.05. The first-order valence-corrected chi connectivity index (χ1v) is 23.3. The number of nitrogens with one attached hydrogen (secondary N) is 3. The lowest BCUT2D eigenvalue weighted by atomic mass is 9.80. The summed E-state index contributed by atoms with van der Waals surface area (Å²) >= 11 is 0. The molecule has 2 aliphatic carbocycles. The number of likely N-dealkylation sites (tertiary alicyclic amines) is 1. The topological polar surface area (TPSA) is 180 Å². The summed E-state index contributed by atoms with van der Waals surface area (Å²) in [5.41, 5.74) is 8.97. The normalized spacial score (nSPS) is 30.5. The second-order valence-corrected chi connectivity index (χ2v) is 20.4. The van der Waals surface area contributed by atoms with Crippen molar-refractivity contribution in [2.75, 3.05) is 39.9 Å². The van der Waals surface area contributed by atoms with Gasteiger partial charge < -0.3 is 29.1 Å². The molecule has 5 fully saturated rings. The summed E-state index contributed by atoms with van der Waals surface area (Å²) in [6, 6.07) is 10.5. The molecule has 6 bridgehead atoms. The van der Waals surface area contributed by atoms with Gasteiger partial charge in [-0.3, -0.25) is 29.3 Å². The van der Waals surface area contributed by atoms with Crippen molar-refractivity contribution < 1.29 is 28.3 Å². The number of hydrogen-bond acceptors (Lipinski definition) is 12. The lowest BCUT2D eigenvalue weighted by molar-refractivity contribution is -0.156. The van der Waals surface area contributed by atoms with Crippen molar-refractivity contribution in [2.45, 2.75) is 115 Å². The van der Waals surface area contributed by atoms with Crippen LogP contribution < -0.4 is 16.1 Å². The van der Waals surface area contributed by atoms with Crippen LogP contribution in [0.15, 0.2) is 47.2 Å². The minimum absolute atomic E-state index is 0.0316. The van der Waals surface area contributed by atoms with Crippen molar-refractivity contribution in [3.63, 3.8) is 0 Å². The van der Waals surface area contributed by atoms with E-state index in [2.05, 4.69) is 83.6 Å². The first-order chi connectivity index (χ1) is 30.8. The van der Waals surface area contributed by atoms with Crippen LogP contribution in [0.5, 0.6) is 0 Å². The van der Waals surface area contributed by atoms with E-state index < -0.39 is 29.5 Å². The fraction of sp³-hybridized carbons (Fsp3) is 0.592. The first kappa shape index (κ1) is 42.8. The molecule has 4 aliphatic heterocycles. The molecule has 4 aromatic rings. The SMILES string of the molecule is CO[C@@H](C)c1ncccc1-c1c2c3cc(ccc3n1C1CC(C#N)C1)-c1coc(n1)[C@@H](N1CC3(CCCN3)C1)[C@H](NC(=O)C1[C@@H](C)[C@H]1C)C(=O)N1CCC[C@H](N1)C(=O)OCC(C)(C)C2. The summed E-state index contributed by atoms with van der Waals surface area (Å²) in [5, 5.41) is 19.4. The molecular formula is C49H61N9O6. The van der Waals surface area contributed by atoms with Crippen molar-refractivity contribution >= 4 is 28.7 Å². The van der Waals surface area contributed by atoms with Gasteiger partial charge in [-0.2, -0.15) is 5.26 Å². The molecule has 0 radical (unpaired) electrons. The maximum atomic E-state index is 15.0. The zero-order chi connectivity index (χ0) is 44.7.